The molecule has 0 unspecified atom stereocenters. The second-order valence-corrected chi connectivity index (χ2v) is 10.8. The average molecular weight is 588 g/mol. The van der Waals surface area contributed by atoms with Crippen LogP contribution in [0.25, 0.3) is 0 Å². The third-order valence-electron chi connectivity index (χ3n) is 7.84. The molecule has 1 aliphatic carbocycles. The minimum absolute atomic E-state index is 0.0259. The van der Waals surface area contributed by atoms with E-state index in [-0.39, 0.29) is 28.8 Å². The summed E-state index contributed by atoms with van der Waals surface area (Å²) in [6.07, 6.45) is 0.681. The zero-order valence-corrected chi connectivity index (χ0v) is 24.4. The molecule has 0 saturated carbocycles. The maximum atomic E-state index is 14.0. The number of rotatable bonds is 7. The van der Waals surface area contributed by atoms with E-state index in [1.54, 1.807) is 33.3 Å². The number of anilines is 1. The van der Waals surface area contributed by atoms with Crippen LogP contribution < -0.4 is 20.1 Å². The summed E-state index contributed by atoms with van der Waals surface area (Å²) in [6, 6.07) is 17.4. The fourth-order valence-electron chi connectivity index (χ4n) is 5.77. The van der Waals surface area contributed by atoms with E-state index >= 15 is 0 Å². The van der Waals surface area contributed by atoms with Crippen LogP contribution in [-0.4, -0.2) is 30.8 Å². The molecule has 42 heavy (non-hydrogen) atoms. The number of nitro benzene ring substituents is 1. The number of allylic oxidation sites excluding steroid dienone is 3. The Balaban J connectivity index is 1.60. The van der Waals surface area contributed by atoms with Gasteiger partial charge in [-0.2, -0.15) is 0 Å². The van der Waals surface area contributed by atoms with Crippen LogP contribution in [0, 0.1) is 17.0 Å². The minimum Gasteiger partial charge on any atom is -0.493 e. The lowest BCUT2D eigenvalue weighted by molar-refractivity contribution is -0.384. The van der Waals surface area contributed by atoms with E-state index < -0.39 is 16.7 Å². The van der Waals surface area contributed by atoms with Gasteiger partial charge in [0.2, 0.25) is 0 Å². The molecule has 216 valence electrons. The SMILES string of the molecule is COc1ccc([C@@H]2CC(=O)C3=C(C2)NC(C)=C(C(=O)Nc2ccccc2C)[C@@H]3c2ccc(Cl)c([N+](=O)[O-])c2)cc1OC. The molecule has 10 heteroatoms. The first kappa shape index (κ1) is 28.9. The largest absolute Gasteiger partial charge is 0.493 e. The number of halogens is 1. The summed E-state index contributed by atoms with van der Waals surface area (Å²) < 4.78 is 10.8. The Morgan fingerprint density at radius 1 is 1.00 bits per heavy atom. The molecule has 9 nitrogen and oxygen atoms in total. The lowest BCUT2D eigenvalue weighted by Gasteiger charge is -2.37. The van der Waals surface area contributed by atoms with Gasteiger partial charge in [0.15, 0.2) is 17.3 Å². The van der Waals surface area contributed by atoms with Gasteiger partial charge in [0, 0.05) is 46.6 Å². The van der Waals surface area contributed by atoms with Gasteiger partial charge >= 0.3 is 0 Å². The van der Waals surface area contributed by atoms with Crippen LogP contribution in [0.3, 0.4) is 0 Å². The van der Waals surface area contributed by atoms with Gasteiger partial charge in [0.1, 0.15) is 5.02 Å². The molecule has 0 saturated heterocycles. The normalized spacial score (nSPS) is 18.3. The Morgan fingerprint density at radius 3 is 2.40 bits per heavy atom. The van der Waals surface area contributed by atoms with Crippen LogP contribution >= 0.6 is 11.6 Å². The third kappa shape index (κ3) is 5.35. The van der Waals surface area contributed by atoms with Gasteiger partial charge in [0.05, 0.1) is 19.1 Å². The first-order valence-electron chi connectivity index (χ1n) is 13.4. The molecule has 2 N–H and O–H groups in total. The predicted octanol–water partition coefficient (Wildman–Crippen LogP) is 6.57. The van der Waals surface area contributed by atoms with Gasteiger partial charge in [-0.15, -0.1) is 0 Å². The van der Waals surface area contributed by atoms with Gasteiger partial charge < -0.3 is 20.1 Å². The highest BCUT2D eigenvalue weighted by Crippen LogP contribution is 2.47. The standard InChI is InChI=1S/C32H30ClN3O6/c1-17-7-5-6-8-23(17)35-32(38)29-18(2)34-24-13-21(19-10-12-27(41-3)28(16-19)42-4)15-26(37)31(24)30(29)20-9-11-22(33)25(14-20)36(39)40/h5-12,14,16,21,30,34H,13,15H2,1-4H3,(H,35,38)/t21-,30-/m0/s1. The molecule has 3 aromatic carbocycles. The molecule has 2 aliphatic rings. The van der Waals surface area contributed by atoms with Crippen LogP contribution in [0.5, 0.6) is 11.5 Å². The van der Waals surface area contributed by atoms with E-state index in [1.165, 1.54) is 12.1 Å². The molecule has 0 fully saturated rings. The number of ether oxygens (including phenoxy) is 2. The summed E-state index contributed by atoms with van der Waals surface area (Å²) in [7, 11) is 3.12. The maximum Gasteiger partial charge on any atom is 0.288 e. The zero-order chi connectivity index (χ0) is 30.1. The number of para-hydroxylation sites is 1. The van der Waals surface area contributed by atoms with Crippen molar-refractivity contribution in [3.63, 3.8) is 0 Å². The Hall–Kier alpha value is -4.63. The summed E-state index contributed by atoms with van der Waals surface area (Å²) >= 11 is 6.14. The van der Waals surface area contributed by atoms with Gasteiger partial charge in [0.25, 0.3) is 11.6 Å². The number of carbonyl (C=O) groups excluding carboxylic acids is 2. The predicted molar refractivity (Wildman–Crippen MR) is 160 cm³/mol. The number of methoxy groups -OCH3 is 2. The molecule has 0 bridgehead atoms. The highest BCUT2D eigenvalue weighted by molar-refractivity contribution is 6.32. The molecule has 5 rings (SSSR count). The van der Waals surface area contributed by atoms with Crippen molar-refractivity contribution in [3.8, 4) is 11.5 Å². The van der Waals surface area contributed by atoms with Gasteiger partial charge in [-0.3, -0.25) is 19.7 Å². The lowest BCUT2D eigenvalue weighted by atomic mass is 9.71. The highest BCUT2D eigenvalue weighted by atomic mass is 35.5. The summed E-state index contributed by atoms with van der Waals surface area (Å²) in [6.45, 7) is 3.66. The number of benzene rings is 3. The summed E-state index contributed by atoms with van der Waals surface area (Å²) in [5.74, 6) is -0.389. The topological polar surface area (TPSA) is 120 Å². The lowest BCUT2D eigenvalue weighted by Crippen LogP contribution is -2.37. The summed E-state index contributed by atoms with van der Waals surface area (Å²) in [4.78, 5) is 39.1. The van der Waals surface area contributed by atoms with E-state index in [4.69, 9.17) is 21.1 Å². The summed E-state index contributed by atoms with van der Waals surface area (Å²) in [5, 5.41) is 18.1. The molecule has 1 heterocycles. The van der Waals surface area contributed by atoms with Gasteiger partial charge in [-0.25, -0.2) is 0 Å². The second-order valence-electron chi connectivity index (χ2n) is 10.4. The molecule has 0 aromatic heterocycles. The number of nitrogens with zero attached hydrogens (tertiary/aromatic N) is 1. The van der Waals surface area contributed by atoms with Crippen molar-refractivity contribution in [2.75, 3.05) is 19.5 Å². The minimum atomic E-state index is -0.833. The number of Topliss-reactive ketones (excluding diaryl/α,β-unsaturated/α-hetero) is 1. The Kier molecular flexibility index (Phi) is 8.04. The molecule has 0 radical (unpaired) electrons. The van der Waals surface area contributed by atoms with E-state index in [1.807, 2.05) is 43.3 Å². The molecule has 1 aliphatic heterocycles. The number of dihydropyridines is 1. The smallest absolute Gasteiger partial charge is 0.288 e. The number of nitrogens with one attached hydrogen (secondary N) is 2. The van der Waals surface area contributed by atoms with Crippen molar-refractivity contribution < 1.29 is 24.0 Å². The Morgan fingerprint density at radius 2 is 1.71 bits per heavy atom. The third-order valence-corrected chi connectivity index (χ3v) is 8.16. The maximum absolute atomic E-state index is 14.0. The average Bonchev–Trinajstić information content (AvgIpc) is 2.97. The van der Waals surface area contributed by atoms with Crippen LogP contribution in [0.1, 0.15) is 48.3 Å². The Labute approximate surface area is 248 Å². The monoisotopic (exact) mass is 587 g/mol. The number of hydrogen-bond acceptors (Lipinski definition) is 7. The van der Waals surface area contributed by atoms with Crippen molar-refractivity contribution >= 4 is 34.7 Å². The molecule has 2 atom stereocenters. The first-order chi connectivity index (χ1) is 20.1. The van der Waals surface area contributed by atoms with Gasteiger partial charge in [-0.05, 0) is 67.1 Å². The number of amides is 1. The van der Waals surface area contributed by atoms with Crippen molar-refractivity contribution in [3.05, 3.63) is 115 Å². The van der Waals surface area contributed by atoms with Crippen LogP contribution in [-0.2, 0) is 9.59 Å². The fourth-order valence-corrected chi connectivity index (χ4v) is 5.95. The number of aryl methyl sites for hydroxylation is 1. The Bertz CT molecular complexity index is 1680. The van der Waals surface area contributed by atoms with Crippen LogP contribution in [0.4, 0.5) is 11.4 Å². The molecule has 3 aromatic rings. The number of nitro groups is 1. The van der Waals surface area contributed by atoms with Gasteiger partial charge in [-0.1, -0.05) is 41.9 Å². The molecule has 1 amide bonds. The quantitative estimate of drug-likeness (QED) is 0.237. The van der Waals surface area contributed by atoms with Crippen LogP contribution in [0.2, 0.25) is 5.02 Å². The van der Waals surface area contributed by atoms with E-state index in [0.29, 0.717) is 51.7 Å². The molecular weight excluding hydrogens is 558 g/mol. The first-order valence-corrected chi connectivity index (χ1v) is 13.8. The zero-order valence-electron chi connectivity index (χ0n) is 23.6. The van der Waals surface area contributed by atoms with Crippen molar-refractivity contribution in [1.82, 2.24) is 5.32 Å². The molecule has 0 spiro atoms. The second kappa shape index (κ2) is 11.7. The highest BCUT2D eigenvalue weighted by Gasteiger charge is 2.41. The number of carbonyl (C=O) groups is 2. The summed E-state index contributed by atoms with van der Waals surface area (Å²) in [5.41, 5.74) is 4.53. The van der Waals surface area contributed by atoms with E-state index in [2.05, 4.69) is 10.6 Å². The van der Waals surface area contributed by atoms with Crippen molar-refractivity contribution in [2.45, 2.75) is 38.5 Å². The van der Waals surface area contributed by atoms with Crippen LogP contribution in [0.15, 0.2) is 83.2 Å². The van der Waals surface area contributed by atoms with E-state index in [9.17, 15) is 19.7 Å². The van der Waals surface area contributed by atoms with Crippen molar-refractivity contribution in [1.29, 1.82) is 0 Å². The number of hydrogen-bond donors (Lipinski definition) is 2. The van der Waals surface area contributed by atoms with E-state index in [0.717, 1.165) is 11.1 Å². The number of ketones is 1. The molecular formula is C32H30ClN3O6. The fraction of sp³-hybridized carbons (Fsp3) is 0.250. The van der Waals surface area contributed by atoms with Crippen molar-refractivity contribution in [2.24, 2.45) is 0 Å².